The zero-order chi connectivity index (χ0) is 30.3. The molecule has 0 radical (unpaired) electrons. The molecule has 3 nitrogen and oxygen atoms in total. The highest BCUT2D eigenvalue weighted by molar-refractivity contribution is 4.92. The molecule has 0 aromatic heterocycles. The Kier molecular flexibility index (Phi) is 15.7. The summed E-state index contributed by atoms with van der Waals surface area (Å²) >= 11 is 0. The normalized spacial score (nSPS) is 35.0. The van der Waals surface area contributed by atoms with E-state index in [1.807, 2.05) is 0 Å². The number of hydrogen-bond acceptors (Lipinski definition) is 3. The third kappa shape index (κ3) is 11.1. The number of ether oxygens (including phenoxy) is 1. The van der Waals surface area contributed by atoms with Crippen molar-refractivity contribution in [2.24, 2.45) is 59.2 Å². The Morgan fingerprint density at radius 1 is 0.512 bits per heavy atom. The van der Waals surface area contributed by atoms with Crippen LogP contribution in [0.15, 0.2) is 0 Å². The van der Waals surface area contributed by atoms with Gasteiger partial charge in [0.15, 0.2) is 0 Å². The van der Waals surface area contributed by atoms with Crippen molar-refractivity contribution >= 4 is 0 Å². The van der Waals surface area contributed by atoms with Crippen molar-refractivity contribution in [1.82, 2.24) is 0 Å². The van der Waals surface area contributed by atoms with E-state index in [1.54, 1.807) is 0 Å². The molecule has 0 aromatic rings. The largest absolute Gasteiger partial charge is 0.381 e. The number of nitrogens with zero attached hydrogens (tertiary/aromatic N) is 2. The monoisotopic (exact) mass is 593 g/mol. The number of nitriles is 2. The van der Waals surface area contributed by atoms with Gasteiger partial charge in [-0.25, -0.2) is 0 Å². The Labute approximate surface area is 267 Å². The molecule has 0 spiro atoms. The van der Waals surface area contributed by atoms with Gasteiger partial charge in [0, 0.05) is 25.0 Å². The van der Waals surface area contributed by atoms with Crippen LogP contribution in [0.3, 0.4) is 0 Å². The van der Waals surface area contributed by atoms with Crippen LogP contribution in [0.5, 0.6) is 0 Å². The predicted molar refractivity (Wildman–Crippen MR) is 179 cm³/mol. The van der Waals surface area contributed by atoms with Crippen LogP contribution in [0, 0.1) is 81.8 Å². The predicted octanol–water partition coefficient (Wildman–Crippen LogP) is 11.7. The second-order valence-electron chi connectivity index (χ2n) is 15.8. The van der Waals surface area contributed by atoms with E-state index in [2.05, 4.69) is 26.0 Å². The molecular weight excluding hydrogens is 524 g/mol. The Bertz CT molecular complexity index is 742. The highest BCUT2D eigenvalue weighted by atomic mass is 16.5. The number of unbranched alkanes of at least 4 members (excludes halogenated alkanes) is 2. The summed E-state index contributed by atoms with van der Waals surface area (Å²) in [5, 5.41) is 19.0. The maximum atomic E-state index is 9.49. The fraction of sp³-hybridized carbons (Fsp3) is 0.950. The van der Waals surface area contributed by atoms with Gasteiger partial charge in [0.2, 0.25) is 0 Å². The number of rotatable bonds is 16. The van der Waals surface area contributed by atoms with Crippen molar-refractivity contribution < 1.29 is 4.74 Å². The van der Waals surface area contributed by atoms with Crippen LogP contribution in [0.4, 0.5) is 0 Å². The molecule has 4 fully saturated rings. The molecule has 43 heavy (non-hydrogen) atoms. The lowest BCUT2D eigenvalue weighted by atomic mass is 9.65. The Balaban J connectivity index is 1.27. The molecule has 0 heterocycles. The van der Waals surface area contributed by atoms with Crippen LogP contribution in [0.25, 0.3) is 0 Å². The van der Waals surface area contributed by atoms with Gasteiger partial charge < -0.3 is 4.74 Å². The molecule has 2 unspecified atom stereocenters. The fourth-order valence-corrected chi connectivity index (χ4v) is 10.4. The summed E-state index contributed by atoms with van der Waals surface area (Å²) in [6.07, 6.45) is 32.0. The summed E-state index contributed by atoms with van der Waals surface area (Å²) < 4.78 is 6.59. The summed E-state index contributed by atoms with van der Waals surface area (Å²) in [6.45, 7) is 6.55. The average molecular weight is 593 g/mol. The zero-order valence-electron chi connectivity index (χ0n) is 28.5. The molecule has 4 rings (SSSR count). The smallest absolute Gasteiger partial charge is 0.0655 e. The van der Waals surface area contributed by atoms with Crippen LogP contribution in [0.2, 0.25) is 0 Å². The summed E-state index contributed by atoms with van der Waals surface area (Å²) in [7, 11) is 0. The maximum absolute atomic E-state index is 9.49. The van der Waals surface area contributed by atoms with Gasteiger partial charge in [0.05, 0.1) is 12.1 Å². The van der Waals surface area contributed by atoms with Gasteiger partial charge in [0.1, 0.15) is 0 Å². The second-order valence-corrected chi connectivity index (χ2v) is 15.8. The van der Waals surface area contributed by atoms with Crippen LogP contribution in [-0.4, -0.2) is 13.2 Å². The Hall–Kier alpha value is -1.06. The van der Waals surface area contributed by atoms with Crippen molar-refractivity contribution in [2.45, 2.75) is 168 Å². The highest BCUT2D eigenvalue weighted by Crippen LogP contribution is 2.46. The van der Waals surface area contributed by atoms with Crippen LogP contribution < -0.4 is 0 Å². The quantitative estimate of drug-likeness (QED) is 0.167. The fourth-order valence-electron chi connectivity index (χ4n) is 10.4. The molecule has 0 aromatic carbocycles. The molecule has 4 saturated carbocycles. The first-order valence-electron chi connectivity index (χ1n) is 19.5. The van der Waals surface area contributed by atoms with Crippen molar-refractivity contribution in [2.75, 3.05) is 13.2 Å². The highest BCUT2D eigenvalue weighted by Gasteiger charge is 2.36. The molecule has 0 aliphatic heterocycles. The first-order chi connectivity index (χ1) is 21.1. The van der Waals surface area contributed by atoms with Crippen LogP contribution in [0.1, 0.15) is 168 Å². The Morgan fingerprint density at radius 2 is 0.837 bits per heavy atom. The third-order valence-electron chi connectivity index (χ3n) is 13.2. The minimum atomic E-state index is 0.305. The lowest BCUT2D eigenvalue weighted by Gasteiger charge is -2.41. The van der Waals surface area contributed by atoms with Crippen LogP contribution >= 0.6 is 0 Å². The van der Waals surface area contributed by atoms with Crippen molar-refractivity contribution in [3.05, 3.63) is 0 Å². The minimum Gasteiger partial charge on any atom is -0.381 e. The van der Waals surface area contributed by atoms with E-state index >= 15 is 0 Å². The molecule has 4 aliphatic carbocycles. The molecule has 0 N–H and O–H groups in total. The zero-order valence-corrected chi connectivity index (χ0v) is 28.5. The van der Waals surface area contributed by atoms with E-state index in [0.717, 1.165) is 86.2 Å². The van der Waals surface area contributed by atoms with Gasteiger partial charge in [-0.05, 0) is 137 Å². The summed E-state index contributed by atoms with van der Waals surface area (Å²) in [5.41, 5.74) is 0. The van der Waals surface area contributed by atoms with E-state index in [1.165, 1.54) is 128 Å². The van der Waals surface area contributed by atoms with E-state index in [0.29, 0.717) is 11.8 Å². The van der Waals surface area contributed by atoms with Gasteiger partial charge in [-0.3, -0.25) is 0 Å². The molecule has 3 heteroatoms. The van der Waals surface area contributed by atoms with Gasteiger partial charge in [-0.15, -0.1) is 0 Å². The van der Waals surface area contributed by atoms with Crippen molar-refractivity contribution in [3.8, 4) is 12.1 Å². The minimum absolute atomic E-state index is 0.305. The molecule has 2 atom stereocenters. The third-order valence-corrected chi connectivity index (χ3v) is 13.2. The van der Waals surface area contributed by atoms with E-state index in [-0.39, 0.29) is 0 Å². The summed E-state index contributed by atoms with van der Waals surface area (Å²) in [6, 6.07) is 5.14. The first-order valence-corrected chi connectivity index (χ1v) is 19.5. The van der Waals surface area contributed by atoms with E-state index < -0.39 is 0 Å². The molecule has 4 aliphatic rings. The van der Waals surface area contributed by atoms with Gasteiger partial charge in [0.25, 0.3) is 0 Å². The number of hydrogen-bond donors (Lipinski definition) is 0. The lowest BCUT2D eigenvalue weighted by molar-refractivity contribution is 0.0396. The van der Waals surface area contributed by atoms with Gasteiger partial charge in [-0.1, -0.05) is 78.1 Å². The van der Waals surface area contributed by atoms with E-state index in [9.17, 15) is 10.5 Å². The van der Waals surface area contributed by atoms with Crippen molar-refractivity contribution in [3.63, 3.8) is 0 Å². The lowest BCUT2D eigenvalue weighted by Crippen LogP contribution is -2.32. The summed E-state index contributed by atoms with van der Waals surface area (Å²) in [5.74, 6) is 7.58. The van der Waals surface area contributed by atoms with E-state index in [4.69, 9.17) is 4.74 Å². The van der Waals surface area contributed by atoms with Gasteiger partial charge >= 0.3 is 0 Å². The maximum Gasteiger partial charge on any atom is 0.0655 e. The standard InChI is InChI=1S/C40H68N2O/c1-3-5-7-31-9-17-35(18-10-31)39(37-21-13-33(29-41)14-22-37)25-27-43-28-26-40(38-23-15-34(30-42)16-24-38)36-19-11-32(12-20-36)8-6-4-2/h31-40H,3-28H2,1-2H3. The second kappa shape index (κ2) is 19.5. The SMILES string of the molecule is CCCCC1CCC(C(CCOCCC(C2CCC(C#N)CC2)C2CCC(CCCC)CC2)C2CCC(C#N)CC2)CC1. The Morgan fingerprint density at radius 3 is 1.14 bits per heavy atom. The molecular formula is C40H68N2O. The average Bonchev–Trinajstić information content (AvgIpc) is 3.07. The topological polar surface area (TPSA) is 56.8 Å². The molecule has 0 bridgehead atoms. The first kappa shape index (κ1) is 34.8. The molecule has 244 valence electrons. The summed E-state index contributed by atoms with van der Waals surface area (Å²) in [4.78, 5) is 0. The van der Waals surface area contributed by atoms with Crippen LogP contribution in [-0.2, 0) is 4.74 Å². The molecule has 0 amide bonds. The van der Waals surface area contributed by atoms with Crippen molar-refractivity contribution in [1.29, 1.82) is 10.5 Å². The van der Waals surface area contributed by atoms with Gasteiger partial charge in [-0.2, -0.15) is 10.5 Å². The molecule has 0 saturated heterocycles.